The van der Waals surface area contributed by atoms with E-state index in [1.807, 2.05) is 31.2 Å². The van der Waals surface area contributed by atoms with Gasteiger partial charge in [-0.15, -0.1) is 0 Å². The highest BCUT2D eigenvalue weighted by molar-refractivity contribution is 8.13. The highest BCUT2D eigenvalue weighted by atomic mass is 35.7. The van der Waals surface area contributed by atoms with E-state index in [0.717, 1.165) is 11.1 Å². The molecule has 0 spiro atoms. The second-order valence-electron chi connectivity index (χ2n) is 4.12. The van der Waals surface area contributed by atoms with Gasteiger partial charge in [-0.1, -0.05) is 24.3 Å². The minimum absolute atomic E-state index is 0.102. The smallest absolute Gasteiger partial charge is 0.280 e. The maximum atomic E-state index is 11.2. The van der Waals surface area contributed by atoms with E-state index < -0.39 is 9.05 Å². The molecule has 0 atom stereocenters. The van der Waals surface area contributed by atoms with Crippen molar-refractivity contribution in [1.29, 1.82) is 0 Å². The maximum absolute atomic E-state index is 11.2. The fourth-order valence-electron chi connectivity index (χ4n) is 1.73. The zero-order chi connectivity index (χ0) is 13.3. The van der Waals surface area contributed by atoms with Crippen LogP contribution in [0.4, 0.5) is 0 Å². The molecule has 0 N–H and O–H groups in total. The van der Waals surface area contributed by atoms with Crippen LogP contribution in [0.3, 0.4) is 0 Å². The molecule has 96 valence electrons. The lowest BCUT2D eigenvalue weighted by atomic mass is 10.1. The maximum Gasteiger partial charge on any atom is 0.280 e. The van der Waals surface area contributed by atoms with E-state index in [4.69, 9.17) is 10.7 Å². The number of hydrogen-bond donors (Lipinski definition) is 0. The van der Waals surface area contributed by atoms with Gasteiger partial charge in [-0.2, -0.15) is 0 Å². The molecule has 0 amide bonds. The fraction of sp³-hybridized carbons (Fsp3) is 0.250. The van der Waals surface area contributed by atoms with E-state index in [2.05, 4.69) is 4.98 Å². The molecule has 6 heteroatoms. The largest absolute Gasteiger partial charge is 0.329 e. The highest BCUT2D eigenvalue weighted by Gasteiger charge is 2.16. The van der Waals surface area contributed by atoms with Crippen LogP contribution in [-0.2, 0) is 15.6 Å². The summed E-state index contributed by atoms with van der Waals surface area (Å²) in [4.78, 5) is 3.95. The van der Waals surface area contributed by atoms with Crippen molar-refractivity contribution in [3.63, 3.8) is 0 Å². The van der Waals surface area contributed by atoms with Crippen molar-refractivity contribution in [2.45, 2.75) is 25.4 Å². The first-order chi connectivity index (χ1) is 8.38. The van der Waals surface area contributed by atoms with E-state index in [9.17, 15) is 8.42 Å². The number of nitrogens with zero attached hydrogens (tertiary/aromatic N) is 2. The van der Waals surface area contributed by atoms with Crippen LogP contribution in [0, 0.1) is 13.8 Å². The Morgan fingerprint density at radius 1 is 1.28 bits per heavy atom. The Hall–Kier alpha value is -1.33. The van der Waals surface area contributed by atoms with Crippen LogP contribution in [0.5, 0.6) is 0 Å². The van der Waals surface area contributed by atoms with Crippen LogP contribution >= 0.6 is 10.7 Å². The molecule has 0 aliphatic rings. The average molecular weight is 285 g/mol. The zero-order valence-corrected chi connectivity index (χ0v) is 11.7. The summed E-state index contributed by atoms with van der Waals surface area (Å²) in [5, 5.41) is -0.102. The predicted octanol–water partition coefficient (Wildman–Crippen LogP) is 2.48. The third-order valence-corrected chi connectivity index (χ3v) is 3.98. The van der Waals surface area contributed by atoms with Crippen LogP contribution in [0.25, 0.3) is 0 Å². The van der Waals surface area contributed by atoms with Gasteiger partial charge in [0.2, 0.25) is 0 Å². The molecule has 2 rings (SSSR count). The minimum atomic E-state index is -3.77. The van der Waals surface area contributed by atoms with Crippen LogP contribution in [0.2, 0.25) is 0 Å². The molecule has 0 radical (unpaired) electrons. The number of halogens is 1. The summed E-state index contributed by atoms with van der Waals surface area (Å²) in [6, 6.07) is 7.94. The van der Waals surface area contributed by atoms with Crippen molar-refractivity contribution in [3.8, 4) is 0 Å². The summed E-state index contributed by atoms with van der Waals surface area (Å²) in [5.41, 5.74) is 2.28. The molecule has 1 heterocycles. The normalized spacial score (nSPS) is 11.7. The first-order valence-electron chi connectivity index (χ1n) is 5.41. The zero-order valence-electron chi connectivity index (χ0n) is 10.1. The number of benzene rings is 1. The molecule has 1 aromatic carbocycles. The van der Waals surface area contributed by atoms with Gasteiger partial charge in [0.05, 0.1) is 0 Å². The van der Waals surface area contributed by atoms with Gasteiger partial charge in [-0.25, -0.2) is 13.4 Å². The Kier molecular flexibility index (Phi) is 3.45. The Morgan fingerprint density at radius 2 is 1.94 bits per heavy atom. The van der Waals surface area contributed by atoms with Crippen LogP contribution in [0.1, 0.15) is 17.0 Å². The van der Waals surface area contributed by atoms with Crippen molar-refractivity contribution < 1.29 is 8.42 Å². The summed E-state index contributed by atoms with van der Waals surface area (Å²) in [6.45, 7) is 4.35. The number of rotatable bonds is 3. The summed E-state index contributed by atoms with van der Waals surface area (Å²) in [6.07, 6.45) is 1.46. The van der Waals surface area contributed by atoms with Crippen molar-refractivity contribution in [3.05, 3.63) is 47.4 Å². The van der Waals surface area contributed by atoms with E-state index >= 15 is 0 Å². The minimum Gasteiger partial charge on any atom is -0.329 e. The van der Waals surface area contributed by atoms with Crippen molar-refractivity contribution in [1.82, 2.24) is 9.55 Å². The summed E-state index contributed by atoms with van der Waals surface area (Å²) < 4.78 is 24.2. The molecular weight excluding hydrogens is 272 g/mol. The molecule has 0 bridgehead atoms. The third kappa shape index (κ3) is 2.73. The molecule has 4 nitrogen and oxygen atoms in total. The van der Waals surface area contributed by atoms with Gasteiger partial charge in [0.1, 0.15) is 5.82 Å². The Bertz CT molecular complexity index is 677. The number of aryl methyl sites for hydroxylation is 2. The van der Waals surface area contributed by atoms with Crippen LogP contribution in [0.15, 0.2) is 35.5 Å². The molecule has 1 aromatic heterocycles. The standard InChI is InChI=1S/C12H13ClN2O2S/c1-9-5-3-4-6-11(9)7-15-8-12(14-10(15)2)18(13,16)17/h3-6,8H,7H2,1-2H3. The number of hydrogen-bond acceptors (Lipinski definition) is 3. The van der Waals surface area contributed by atoms with Crippen molar-refractivity contribution >= 4 is 19.7 Å². The second kappa shape index (κ2) is 4.74. The molecule has 18 heavy (non-hydrogen) atoms. The lowest BCUT2D eigenvalue weighted by Gasteiger charge is -2.07. The summed E-state index contributed by atoms with van der Waals surface area (Å²) in [5.74, 6) is 0.623. The molecule has 0 fully saturated rings. The van der Waals surface area contributed by atoms with E-state index in [1.54, 1.807) is 11.5 Å². The molecule has 0 aliphatic heterocycles. The number of aromatic nitrogens is 2. The second-order valence-corrected chi connectivity index (χ2v) is 6.63. The molecule has 0 aliphatic carbocycles. The van der Waals surface area contributed by atoms with Crippen molar-refractivity contribution in [2.24, 2.45) is 0 Å². The summed E-state index contributed by atoms with van der Waals surface area (Å²) in [7, 11) is 1.51. The van der Waals surface area contributed by atoms with Gasteiger partial charge < -0.3 is 4.57 Å². The Balaban J connectivity index is 2.37. The van der Waals surface area contributed by atoms with E-state index in [0.29, 0.717) is 12.4 Å². The molecule has 0 unspecified atom stereocenters. The lowest BCUT2D eigenvalue weighted by molar-refractivity contribution is 0.606. The number of imidazole rings is 1. The Morgan fingerprint density at radius 3 is 2.50 bits per heavy atom. The monoisotopic (exact) mass is 284 g/mol. The van der Waals surface area contributed by atoms with Gasteiger partial charge in [-0.3, -0.25) is 0 Å². The van der Waals surface area contributed by atoms with Crippen molar-refractivity contribution in [2.75, 3.05) is 0 Å². The van der Waals surface area contributed by atoms with E-state index in [1.165, 1.54) is 6.20 Å². The summed E-state index contributed by atoms with van der Waals surface area (Å²) >= 11 is 0. The predicted molar refractivity (Wildman–Crippen MR) is 70.3 cm³/mol. The van der Waals surface area contributed by atoms with Crippen LogP contribution < -0.4 is 0 Å². The van der Waals surface area contributed by atoms with Gasteiger partial charge >= 0.3 is 0 Å². The first kappa shape index (κ1) is 13.1. The fourth-order valence-corrected chi connectivity index (χ4v) is 2.45. The quantitative estimate of drug-likeness (QED) is 0.814. The van der Waals surface area contributed by atoms with Gasteiger partial charge in [-0.05, 0) is 25.0 Å². The Labute approximate surface area is 111 Å². The molecular formula is C12H13ClN2O2S. The van der Waals surface area contributed by atoms with Crippen LogP contribution in [-0.4, -0.2) is 18.0 Å². The van der Waals surface area contributed by atoms with Gasteiger partial charge in [0.25, 0.3) is 9.05 Å². The lowest BCUT2D eigenvalue weighted by Crippen LogP contribution is -2.02. The van der Waals surface area contributed by atoms with E-state index in [-0.39, 0.29) is 5.03 Å². The SMILES string of the molecule is Cc1ccccc1Cn1cc(S(=O)(=O)Cl)nc1C. The van der Waals surface area contributed by atoms with Gasteiger partial charge in [0.15, 0.2) is 5.03 Å². The van der Waals surface area contributed by atoms with Gasteiger partial charge in [0, 0.05) is 23.4 Å². The molecule has 0 saturated carbocycles. The molecule has 2 aromatic rings. The molecule has 0 saturated heterocycles. The topological polar surface area (TPSA) is 52.0 Å². The average Bonchev–Trinajstić information content (AvgIpc) is 2.63. The third-order valence-electron chi connectivity index (χ3n) is 2.81. The first-order valence-corrected chi connectivity index (χ1v) is 7.72. The highest BCUT2D eigenvalue weighted by Crippen LogP contribution is 2.16.